The van der Waals surface area contributed by atoms with Gasteiger partial charge in [-0.15, -0.1) is 0 Å². The Kier molecular flexibility index (Phi) is 15.7. The highest BCUT2D eigenvalue weighted by Gasteiger charge is 2.04. The second-order valence-corrected chi connectivity index (χ2v) is 11.2. The molecule has 6 aromatic carbocycles. The number of hydrogen-bond donors (Lipinski definition) is 3. The Morgan fingerprint density at radius 3 is 0.531 bits per heavy atom. The first kappa shape index (κ1) is 38.1. The Morgan fingerprint density at radius 2 is 0.408 bits per heavy atom. The first-order chi connectivity index (χ1) is 23.5. The van der Waals surface area contributed by atoms with Gasteiger partial charge in [-0.3, -0.25) is 0 Å². The Balaban J connectivity index is 0.000000188. The summed E-state index contributed by atoms with van der Waals surface area (Å²) in [7, 11) is -2.17. The van der Waals surface area contributed by atoms with Crippen LogP contribution in [0.2, 0.25) is 0 Å². The van der Waals surface area contributed by atoms with E-state index in [9.17, 15) is 0 Å². The number of hydrogen-bond acceptors (Lipinski definition) is 6. The third kappa shape index (κ3) is 13.4. The molecule has 0 unspecified atom stereocenters. The molecule has 0 spiro atoms. The molecule has 7 heteroatoms. The standard InChI is InChI=1S/3C14H14O.BH3O3/c3*1-11-7-3-5-9-13(11)15-14-10-6-4-8-12(14)2;2-1(3)4/h3*3-10H,1-2H3;2-4H. The largest absolute Gasteiger partial charge is 0.631 e. The van der Waals surface area contributed by atoms with Crippen LogP contribution in [0.4, 0.5) is 0 Å². The minimum absolute atomic E-state index is 0.923. The van der Waals surface area contributed by atoms with Crippen molar-refractivity contribution in [3.05, 3.63) is 179 Å². The molecule has 252 valence electrons. The van der Waals surface area contributed by atoms with E-state index in [4.69, 9.17) is 29.3 Å². The van der Waals surface area contributed by atoms with Crippen molar-refractivity contribution in [1.82, 2.24) is 0 Å². The highest BCUT2D eigenvalue weighted by Crippen LogP contribution is 2.29. The Bertz CT molecular complexity index is 1530. The molecule has 0 heterocycles. The molecule has 0 radical (unpaired) electrons. The van der Waals surface area contributed by atoms with Crippen molar-refractivity contribution in [2.75, 3.05) is 0 Å². The third-order valence-electron chi connectivity index (χ3n) is 7.22. The molecule has 0 fully saturated rings. The maximum Gasteiger partial charge on any atom is 0.631 e. The van der Waals surface area contributed by atoms with Gasteiger partial charge in [-0.25, -0.2) is 0 Å². The van der Waals surface area contributed by atoms with Gasteiger partial charge in [0.1, 0.15) is 34.5 Å². The van der Waals surface area contributed by atoms with Crippen molar-refractivity contribution in [1.29, 1.82) is 0 Å². The molecule has 0 saturated carbocycles. The summed E-state index contributed by atoms with van der Waals surface area (Å²) in [5.41, 5.74) is 6.92. The fourth-order valence-electron chi connectivity index (χ4n) is 4.38. The molecule has 3 N–H and O–H groups in total. The summed E-state index contributed by atoms with van der Waals surface area (Å²) in [6.07, 6.45) is 0. The number of ether oxygens (including phenoxy) is 3. The number of benzene rings is 6. The van der Waals surface area contributed by atoms with Crippen LogP contribution in [0.15, 0.2) is 146 Å². The van der Waals surface area contributed by atoms with E-state index in [1.807, 2.05) is 187 Å². The Labute approximate surface area is 291 Å². The molecular weight excluding hydrogens is 611 g/mol. The lowest BCUT2D eigenvalue weighted by atomic mass is 10.2. The van der Waals surface area contributed by atoms with Crippen LogP contribution in [0.25, 0.3) is 0 Å². The molecule has 0 aliphatic rings. The van der Waals surface area contributed by atoms with Gasteiger partial charge in [-0.2, -0.15) is 0 Å². The summed E-state index contributed by atoms with van der Waals surface area (Å²) in [6.45, 7) is 12.3. The van der Waals surface area contributed by atoms with Crippen molar-refractivity contribution in [2.45, 2.75) is 41.5 Å². The van der Waals surface area contributed by atoms with E-state index < -0.39 is 7.32 Å². The van der Waals surface area contributed by atoms with Crippen LogP contribution in [-0.2, 0) is 0 Å². The predicted octanol–water partition coefficient (Wildman–Crippen LogP) is 10.2. The van der Waals surface area contributed by atoms with E-state index in [0.717, 1.165) is 67.9 Å². The average Bonchev–Trinajstić information content (AvgIpc) is 3.08. The van der Waals surface area contributed by atoms with Gasteiger partial charge < -0.3 is 29.3 Å². The zero-order valence-electron chi connectivity index (χ0n) is 29.0. The number of para-hydroxylation sites is 6. The van der Waals surface area contributed by atoms with Gasteiger partial charge in [-0.1, -0.05) is 109 Å². The lowest BCUT2D eigenvalue weighted by Crippen LogP contribution is -2.07. The van der Waals surface area contributed by atoms with Crippen molar-refractivity contribution in [3.8, 4) is 34.5 Å². The zero-order valence-corrected chi connectivity index (χ0v) is 29.0. The van der Waals surface area contributed by atoms with Crippen LogP contribution < -0.4 is 14.2 Å². The molecule has 0 aromatic heterocycles. The summed E-state index contributed by atoms with van der Waals surface area (Å²) in [6, 6.07) is 48.2. The molecule has 0 saturated heterocycles. The first-order valence-electron chi connectivity index (χ1n) is 16.0. The Hall–Kier alpha value is -5.34. The lowest BCUT2D eigenvalue weighted by molar-refractivity contribution is 0.278. The maximum atomic E-state index is 7.17. The summed E-state index contributed by atoms with van der Waals surface area (Å²) in [5, 5.41) is 21.5. The lowest BCUT2D eigenvalue weighted by Gasteiger charge is -2.10. The normalized spacial score (nSPS) is 9.73. The topological polar surface area (TPSA) is 88.4 Å². The first-order valence-corrected chi connectivity index (χ1v) is 16.0. The van der Waals surface area contributed by atoms with E-state index in [2.05, 4.69) is 0 Å². The number of aryl methyl sites for hydroxylation is 6. The molecular formula is C42H45BO6. The van der Waals surface area contributed by atoms with Crippen LogP contribution >= 0.6 is 0 Å². The highest BCUT2D eigenvalue weighted by molar-refractivity contribution is 6.30. The van der Waals surface area contributed by atoms with Gasteiger partial charge in [-0.05, 0) is 111 Å². The van der Waals surface area contributed by atoms with Crippen LogP contribution in [0.5, 0.6) is 34.5 Å². The van der Waals surface area contributed by atoms with E-state index in [-0.39, 0.29) is 0 Å². The molecule has 0 aliphatic heterocycles. The van der Waals surface area contributed by atoms with Crippen LogP contribution in [0.1, 0.15) is 33.4 Å². The van der Waals surface area contributed by atoms with Gasteiger partial charge in [0, 0.05) is 0 Å². The molecule has 0 amide bonds. The minimum atomic E-state index is -2.17. The smallest absolute Gasteiger partial charge is 0.457 e. The monoisotopic (exact) mass is 656 g/mol. The second kappa shape index (κ2) is 20.1. The molecule has 6 aromatic rings. The second-order valence-electron chi connectivity index (χ2n) is 11.2. The van der Waals surface area contributed by atoms with E-state index in [1.54, 1.807) is 0 Å². The van der Waals surface area contributed by atoms with E-state index in [0.29, 0.717) is 0 Å². The summed E-state index contributed by atoms with van der Waals surface area (Å²) in [5.74, 6) is 5.54. The summed E-state index contributed by atoms with van der Waals surface area (Å²) in [4.78, 5) is 0. The summed E-state index contributed by atoms with van der Waals surface area (Å²) >= 11 is 0. The summed E-state index contributed by atoms with van der Waals surface area (Å²) < 4.78 is 17.5. The van der Waals surface area contributed by atoms with Gasteiger partial charge >= 0.3 is 7.32 Å². The molecule has 0 atom stereocenters. The molecule has 0 bridgehead atoms. The van der Waals surface area contributed by atoms with Crippen LogP contribution in [0.3, 0.4) is 0 Å². The van der Waals surface area contributed by atoms with Gasteiger partial charge in [0.05, 0.1) is 0 Å². The van der Waals surface area contributed by atoms with Crippen molar-refractivity contribution < 1.29 is 29.3 Å². The van der Waals surface area contributed by atoms with E-state index in [1.165, 1.54) is 0 Å². The number of rotatable bonds is 6. The molecule has 49 heavy (non-hydrogen) atoms. The third-order valence-corrected chi connectivity index (χ3v) is 7.22. The van der Waals surface area contributed by atoms with Crippen LogP contribution in [-0.4, -0.2) is 22.4 Å². The van der Waals surface area contributed by atoms with Crippen molar-refractivity contribution in [3.63, 3.8) is 0 Å². The quantitative estimate of drug-likeness (QED) is 0.155. The predicted molar refractivity (Wildman–Crippen MR) is 200 cm³/mol. The van der Waals surface area contributed by atoms with Gasteiger partial charge in [0.2, 0.25) is 0 Å². The highest BCUT2D eigenvalue weighted by atomic mass is 16.5. The fraction of sp³-hybridized carbons (Fsp3) is 0.143. The van der Waals surface area contributed by atoms with E-state index >= 15 is 0 Å². The van der Waals surface area contributed by atoms with Gasteiger partial charge in [0.25, 0.3) is 0 Å². The zero-order chi connectivity index (χ0) is 35.6. The molecule has 6 rings (SSSR count). The SMILES string of the molecule is Cc1ccccc1Oc1ccccc1C.Cc1ccccc1Oc1ccccc1C.Cc1ccccc1Oc1ccccc1C.OB(O)O. The van der Waals surface area contributed by atoms with Crippen molar-refractivity contribution in [2.24, 2.45) is 0 Å². The minimum Gasteiger partial charge on any atom is -0.457 e. The van der Waals surface area contributed by atoms with Gasteiger partial charge in [0.15, 0.2) is 0 Å². The molecule has 6 nitrogen and oxygen atoms in total. The molecule has 0 aliphatic carbocycles. The van der Waals surface area contributed by atoms with Crippen LogP contribution in [0, 0.1) is 41.5 Å². The Morgan fingerprint density at radius 1 is 0.286 bits per heavy atom. The van der Waals surface area contributed by atoms with Crippen molar-refractivity contribution >= 4 is 7.32 Å². The fourth-order valence-corrected chi connectivity index (χ4v) is 4.38. The average molecular weight is 657 g/mol. The maximum absolute atomic E-state index is 7.17.